The zero-order valence-corrected chi connectivity index (χ0v) is 9.73. The van der Waals surface area contributed by atoms with E-state index in [9.17, 15) is 17.6 Å². The molecule has 0 aliphatic carbocycles. The number of hydrogen-bond donors (Lipinski definition) is 0. The van der Waals surface area contributed by atoms with Crippen LogP contribution in [0.2, 0.25) is 0 Å². The molecule has 0 saturated carbocycles. The lowest BCUT2D eigenvalue weighted by Gasteiger charge is -2.10. The van der Waals surface area contributed by atoms with Gasteiger partial charge in [0, 0.05) is 16.9 Å². The Balaban J connectivity index is 3.18. The number of hydrogen-bond acceptors (Lipinski definition) is 1. The normalized spacial score (nSPS) is 11.2. The summed E-state index contributed by atoms with van der Waals surface area (Å²) in [5, 5.41) is 0.115. The highest BCUT2D eigenvalue weighted by Crippen LogP contribution is 2.27. The van der Waals surface area contributed by atoms with Gasteiger partial charge in [-0.25, -0.2) is 17.6 Å². The van der Waals surface area contributed by atoms with Crippen LogP contribution in [0.3, 0.4) is 0 Å². The van der Waals surface area contributed by atoms with Gasteiger partial charge in [-0.15, -0.1) is 0 Å². The van der Waals surface area contributed by atoms with Gasteiger partial charge in [0.25, 0.3) is 0 Å². The third-order valence-corrected chi connectivity index (χ3v) is 3.13. The topological polar surface area (TPSA) is 0 Å². The van der Waals surface area contributed by atoms with Crippen molar-refractivity contribution in [3.63, 3.8) is 0 Å². The van der Waals surface area contributed by atoms with Crippen LogP contribution in [0.4, 0.5) is 17.6 Å². The fourth-order valence-corrected chi connectivity index (χ4v) is 1.85. The summed E-state index contributed by atoms with van der Waals surface area (Å²) in [6.07, 6.45) is 0. The molecule has 5 heteroatoms. The molecule has 0 bridgehead atoms. The Labute approximate surface area is 96.0 Å². The molecule has 0 fully saturated rings. The molecule has 1 radical (unpaired) electrons. The van der Waals surface area contributed by atoms with E-state index in [1.165, 1.54) is 11.8 Å². The van der Waals surface area contributed by atoms with Gasteiger partial charge < -0.3 is 0 Å². The maximum atomic E-state index is 13.3. The van der Waals surface area contributed by atoms with Crippen LogP contribution in [0, 0.1) is 30.2 Å². The molecular weight excluding hydrogens is 240 g/mol. The van der Waals surface area contributed by atoms with Gasteiger partial charge >= 0.3 is 0 Å². The predicted octanol–water partition coefficient (Wildman–Crippen LogP) is 4.07. The van der Waals surface area contributed by atoms with E-state index in [2.05, 4.69) is 6.92 Å². The third-order valence-electron chi connectivity index (χ3n) is 2.01. The summed E-state index contributed by atoms with van der Waals surface area (Å²) >= 11 is 1.20. The molecule has 0 nitrogen and oxygen atoms in total. The lowest BCUT2D eigenvalue weighted by molar-refractivity contribution is 0.439. The second-order valence-electron chi connectivity index (χ2n) is 3.57. The minimum Gasteiger partial charge on any atom is -0.203 e. The van der Waals surface area contributed by atoms with Gasteiger partial charge in [-0.1, -0.05) is 13.8 Å². The summed E-state index contributed by atoms with van der Waals surface area (Å²) in [5.41, 5.74) is -1.44. The van der Waals surface area contributed by atoms with Gasteiger partial charge in [-0.3, -0.25) is 0 Å². The van der Waals surface area contributed by atoms with E-state index in [0.717, 1.165) is 0 Å². The summed E-state index contributed by atoms with van der Waals surface area (Å²) in [5.74, 6) is -5.64. The molecule has 0 heterocycles. The maximum Gasteiger partial charge on any atom is 0.166 e. The maximum absolute atomic E-state index is 13.3. The molecule has 1 aromatic carbocycles. The van der Waals surface area contributed by atoms with E-state index in [4.69, 9.17) is 0 Å². The van der Waals surface area contributed by atoms with Gasteiger partial charge in [0.1, 0.15) is 0 Å². The van der Waals surface area contributed by atoms with Gasteiger partial charge in [0.2, 0.25) is 0 Å². The van der Waals surface area contributed by atoms with Crippen LogP contribution < -0.4 is 0 Å². The lowest BCUT2D eigenvalue weighted by Crippen LogP contribution is -2.06. The zero-order chi connectivity index (χ0) is 12.5. The molecule has 1 aromatic rings. The van der Waals surface area contributed by atoms with E-state index in [0.29, 0.717) is 0 Å². The van der Waals surface area contributed by atoms with Crippen molar-refractivity contribution in [3.05, 3.63) is 41.3 Å². The minimum absolute atomic E-state index is 0.108. The average molecular weight is 251 g/mol. The van der Waals surface area contributed by atoms with E-state index in [-0.39, 0.29) is 11.0 Å². The van der Waals surface area contributed by atoms with Crippen LogP contribution in [-0.2, 0) is 5.75 Å². The van der Waals surface area contributed by atoms with E-state index in [1.54, 1.807) is 0 Å². The second kappa shape index (κ2) is 5.08. The quantitative estimate of drug-likeness (QED) is 0.576. The van der Waals surface area contributed by atoms with Gasteiger partial charge in [-0.2, -0.15) is 11.8 Å². The average Bonchev–Trinajstić information content (AvgIpc) is 2.23. The Kier molecular flexibility index (Phi) is 4.24. The van der Waals surface area contributed by atoms with Crippen molar-refractivity contribution in [2.24, 2.45) is 0 Å². The van der Waals surface area contributed by atoms with Gasteiger partial charge in [0.05, 0.1) is 0 Å². The van der Waals surface area contributed by atoms with Crippen molar-refractivity contribution in [2.75, 3.05) is 0 Å². The molecular formula is C11H11F4S. The van der Waals surface area contributed by atoms with Gasteiger partial charge in [0.15, 0.2) is 23.3 Å². The smallest absolute Gasteiger partial charge is 0.166 e. The molecule has 0 aromatic heterocycles. The van der Waals surface area contributed by atoms with Crippen LogP contribution in [0.15, 0.2) is 0 Å². The zero-order valence-electron chi connectivity index (χ0n) is 8.91. The molecule has 0 atom stereocenters. The highest BCUT2D eigenvalue weighted by molar-refractivity contribution is 7.99. The fourth-order valence-electron chi connectivity index (χ4n) is 1.10. The van der Waals surface area contributed by atoms with Gasteiger partial charge in [-0.05, 0) is 12.2 Å². The number of halogens is 4. The van der Waals surface area contributed by atoms with Crippen molar-refractivity contribution >= 4 is 11.8 Å². The monoisotopic (exact) mass is 251 g/mol. The SMILES string of the molecule is [CH2]c1c(F)c(F)c(CSC(C)C)c(F)c1F. The molecule has 16 heavy (non-hydrogen) atoms. The highest BCUT2D eigenvalue weighted by atomic mass is 32.2. The number of rotatable bonds is 3. The molecule has 0 aliphatic heterocycles. The molecule has 0 unspecified atom stereocenters. The third kappa shape index (κ3) is 2.51. The van der Waals surface area contributed by atoms with Crippen LogP contribution in [0.5, 0.6) is 0 Å². The van der Waals surface area contributed by atoms with E-state index in [1.807, 2.05) is 13.8 Å². The summed E-state index contributed by atoms with van der Waals surface area (Å²) in [6.45, 7) is 6.59. The molecule has 0 spiro atoms. The van der Waals surface area contributed by atoms with Crippen molar-refractivity contribution in [2.45, 2.75) is 24.9 Å². The first kappa shape index (κ1) is 13.4. The largest absolute Gasteiger partial charge is 0.203 e. The summed E-state index contributed by atoms with van der Waals surface area (Å²) < 4.78 is 52.8. The molecule has 89 valence electrons. The first-order valence-corrected chi connectivity index (χ1v) is 5.69. The molecule has 1 rings (SSSR count). The molecule has 0 amide bonds. The highest BCUT2D eigenvalue weighted by Gasteiger charge is 2.22. The van der Waals surface area contributed by atoms with Crippen LogP contribution in [0.1, 0.15) is 25.0 Å². The van der Waals surface area contributed by atoms with Crippen molar-refractivity contribution in [1.82, 2.24) is 0 Å². The number of thioether (sulfide) groups is 1. The standard InChI is InChI=1S/C11H11F4S/c1-5(2)16-4-7-10(14)8(12)6(3)9(13)11(7)15/h5H,3-4H2,1-2H3. The van der Waals surface area contributed by atoms with E-state index >= 15 is 0 Å². The van der Waals surface area contributed by atoms with Crippen molar-refractivity contribution in [3.8, 4) is 0 Å². The first-order chi connectivity index (χ1) is 7.36. The van der Waals surface area contributed by atoms with Crippen LogP contribution in [-0.4, -0.2) is 5.25 Å². The summed E-state index contributed by atoms with van der Waals surface area (Å²) in [4.78, 5) is 0. The minimum atomic E-state index is -1.42. The van der Waals surface area contributed by atoms with Crippen LogP contribution in [0.25, 0.3) is 0 Å². The van der Waals surface area contributed by atoms with Crippen molar-refractivity contribution < 1.29 is 17.6 Å². The number of benzene rings is 1. The Hall–Kier alpha value is -0.710. The lowest BCUT2D eigenvalue weighted by atomic mass is 10.1. The van der Waals surface area contributed by atoms with Crippen molar-refractivity contribution in [1.29, 1.82) is 0 Å². The predicted molar refractivity (Wildman–Crippen MR) is 57.2 cm³/mol. The second-order valence-corrected chi connectivity index (χ2v) is 5.14. The van der Waals surface area contributed by atoms with Crippen LogP contribution >= 0.6 is 11.8 Å². The first-order valence-electron chi connectivity index (χ1n) is 4.64. The van der Waals surface area contributed by atoms with E-state index < -0.39 is 34.4 Å². The fraction of sp³-hybridized carbons (Fsp3) is 0.364. The molecule has 0 N–H and O–H groups in total. The summed E-state index contributed by atoms with van der Waals surface area (Å²) in [7, 11) is 0. The molecule has 0 aliphatic rings. The Morgan fingerprint density at radius 1 is 1.00 bits per heavy atom. The Bertz CT molecular complexity index is 372. The Morgan fingerprint density at radius 3 is 1.81 bits per heavy atom. The Morgan fingerprint density at radius 2 is 1.44 bits per heavy atom. The summed E-state index contributed by atoms with van der Waals surface area (Å²) in [6, 6.07) is 0. The molecule has 0 saturated heterocycles.